The average Bonchev–Trinajstić information content (AvgIpc) is 2.39. The standard InChI is InChI=1S/C13H18N2O3/c1-18-10-2-3-11(12(16)8-10)13(17)15-9-4-6-14-7-5-9/h2-3,8-9,14,16H,4-7H2,1H3,(H,15,17). The van der Waals surface area contributed by atoms with Gasteiger partial charge in [-0.25, -0.2) is 0 Å². The van der Waals surface area contributed by atoms with Crippen molar-refractivity contribution in [3.05, 3.63) is 23.8 Å². The van der Waals surface area contributed by atoms with Crippen molar-refractivity contribution >= 4 is 5.91 Å². The van der Waals surface area contributed by atoms with Crippen LogP contribution < -0.4 is 15.4 Å². The van der Waals surface area contributed by atoms with E-state index in [2.05, 4.69) is 10.6 Å². The predicted octanol–water partition coefficient (Wildman–Crippen LogP) is 0.883. The molecular weight excluding hydrogens is 232 g/mol. The molecule has 98 valence electrons. The zero-order valence-corrected chi connectivity index (χ0v) is 10.4. The summed E-state index contributed by atoms with van der Waals surface area (Å²) in [6, 6.07) is 4.86. The Kier molecular flexibility index (Phi) is 4.04. The first-order valence-electron chi connectivity index (χ1n) is 6.09. The Labute approximate surface area is 106 Å². The fourth-order valence-corrected chi connectivity index (χ4v) is 2.06. The molecule has 1 aliphatic rings. The highest BCUT2D eigenvalue weighted by Gasteiger charge is 2.18. The summed E-state index contributed by atoms with van der Waals surface area (Å²) in [7, 11) is 1.52. The highest BCUT2D eigenvalue weighted by atomic mass is 16.5. The number of phenols is 1. The molecule has 1 heterocycles. The van der Waals surface area contributed by atoms with Crippen LogP contribution in [-0.4, -0.2) is 37.3 Å². The third-order valence-electron chi connectivity index (χ3n) is 3.12. The molecule has 1 amide bonds. The number of phenolic OH excluding ortho intramolecular Hbond substituents is 1. The molecule has 3 N–H and O–H groups in total. The first-order chi connectivity index (χ1) is 8.70. The van der Waals surface area contributed by atoms with E-state index in [9.17, 15) is 9.90 Å². The van der Waals surface area contributed by atoms with Crippen molar-refractivity contribution in [2.75, 3.05) is 20.2 Å². The van der Waals surface area contributed by atoms with Crippen LogP contribution in [0.3, 0.4) is 0 Å². The molecule has 0 aliphatic carbocycles. The SMILES string of the molecule is COc1ccc(C(=O)NC2CCNCC2)c(O)c1. The van der Waals surface area contributed by atoms with Gasteiger partial charge in [0.15, 0.2) is 0 Å². The lowest BCUT2D eigenvalue weighted by Crippen LogP contribution is -2.42. The van der Waals surface area contributed by atoms with Gasteiger partial charge < -0.3 is 20.5 Å². The van der Waals surface area contributed by atoms with Crippen LogP contribution in [0.4, 0.5) is 0 Å². The quantitative estimate of drug-likeness (QED) is 0.745. The molecule has 0 unspecified atom stereocenters. The number of rotatable bonds is 3. The van der Waals surface area contributed by atoms with Gasteiger partial charge in [0.05, 0.1) is 12.7 Å². The lowest BCUT2D eigenvalue weighted by Gasteiger charge is -2.23. The molecule has 0 saturated carbocycles. The Morgan fingerprint density at radius 1 is 1.44 bits per heavy atom. The summed E-state index contributed by atoms with van der Waals surface area (Å²) in [5, 5.41) is 15.9. The molecule has 5 heteroatoms. The third-order valence-corrected chi connectivity index (χ3v) is 3.12. The molecule has 1 saturated heterocycles. The van der Waals surface area contributed by atoms with E-state index in [1.54, 1.807) is 12.1 Å². The van der Waals surface area contributed by atoms with Crippen molar-refractivity contribution in [2.45, 2.75) is 18.9 Å². The zero-order valence-electron chi connectivity index (χ0n) is 10.4. The van der Waals surface area contributed by atoms with Gasteiger partial charge in [0, 0.05) is 12.1 Å². The molecule has 0 aromatic heterocycles. The number of carbonyl (C=O) groups is 1. The van der Waals surface area contributed by atoms with E-state index < -0.39 is 0 Å². The van der Waals surface area contributed by atoms with Crippen LogP contribution in [0.1, 0.15) is 23.2 Å². The van der Waals surface area contributed by atoms with E-state index in [-0.39, 0.29) is 23.3 Å². The lowest BCUT2D eigenvalue weighted by atomic mass is 10.1. The van der Waals surface area contributed by atoms with Crippen LogP contribution in [0.25, 0.3) is 0 Å². The molecule has 2 rings (SSSR count). The molecule has 0 radical (unpaired) electrons. The second-order valence-corrected chi connectivity index (χ2v) is 4.38. The molecule has 5 nitrogen and oxygen atoms in total. The van der Waals surface area contributed by atoms with Crippen molar-refractivity contribution in [3.8, 4) is 11.5 Å². The molecule has 0 bridgehead atoms. The van der Waals surface area contributed by atoms with Crippen LogP contribution in [-0.2, 0) is 0 Å². The van der Waals surface area contributed by atoms with Crippen LogP contribution >= 0.6 is 0 Å². The second-order valence-electron chi connectivity index (χ2n) is 4.38. The van der Waals surface area contributed by atoms with Gasteiger partial charge in [0.1, 0.15) is 11.5 Å². The van der Waals surface area contributed by atoms with Crippen molar-refractivity contribution in [1.82, 2.24) is 10.6 Å². The van der Waals surface area contributed by atoms with Crippen LogP contribution in [0.5, 0.6) is 11.5 Å². The topological polar surface area (TPSA) is 70.6 Å². The number of amides is 1. The first kappa shape index (κ1) is 12.7. The Bertz CT molecular complexity index is 428. The summed E-state index contributed by atoms with van der Waals surface area (Å²) in [6.07, 6.45) is 1.84. The van der Waals surface area contributed by atoms with Crippen molar-refractivity contribution in [1.29, 1.82) is 0 Å². The third kappa shape index (κ3) is 2.92. The maximum absolute atomic E-state index is 12.0. The average molecular weight is 250 g/mol. The minimum Gasteiger partial charge on any atom is -0.507 e. The summed E-state index contributed by atoms with van der Waals surface area (Å²) in [6.45, 7) is 1.83. The van der Waals surface area contributed by atoms with E-state index in [0.29, 0.717) is 5.75 Å². The zero-order chi connectivity index (χ0) is 13.0. The number of methoxy groups -OCH3 is 1. The van der Waals surface area contributed by atoms with Gasteiger partial charge in [-0.2, -0.15) is 0 Å². The summed E-state index contributed by atoms with van der Waals surface area (Å²) in [5.74, 6) is 0.244. The highest BCUT2D eigenvalue weighted by molar-refractivity contribution is 5.97. The fraction of sp³-hybridized carbons (Fsp3) is 0.462. The smallest absolute Gasteiger partial charge is 0.255 e. The van der Waals surface area contributed by atoms with Gasteiger partial charge in [-0.1, -0.05) is 0 Å². The van der Waals surface area contributed by atoms with E-state index in [4.69, 9.17) is 4.74 Å². The van der Waals surface area contributed by atoms with E-state index in [0.717, 1.165) is 25.9 Å². The van der Waals surface area contributed by atoms with Crippen LogP contribution in [0.15, 0.2) is 18.2 Å². The monoisotopic (exact) mass is 250 g/mol. The van der Waals surface area contributed by atoms with E-state index in [1.807, 2.05) is 0 Å². The Hall–Kier alpha value is -1.75. The molecule has 18 heavy (non-hydrogen) atoms. The number of ether oxygens (including phenoxy) is 1. The molecule has 1 fully saturated rings. The highest BCUT2D eigenvalue weighted by Crippen LogP contribution is 2.23. The number of carbonyl (C=O) groups excluding carboxylic acids is 1. The summed E-state index contributed by atoms with van der Waals surface area (Å²) in [5.41, 5.74) is 0.286. The summed E-state index contributed by atoms with van der Waals surface area (Å²) < 4.78 is 4.98. The second kappa shape index (κ2) is 5.73. The van der Waals surface area contributed by atoms with E-state index >= 15 is 0 Å². The Morgan fingerprint density at radius 3 is 2.78 bits per heavy atom. The Morgan fingerprint density at radius 2 is 2.17 bits per heavy atom. The number of nitrogens with one attached hydrogen (secondary N) is 2. The molecule has 0 atom stereocenters. The van der Waals surface area contributed by atoms with E-state index in [1.165, 1.54) is 13.2 Å². The minimum atomic E-state index is -0.234. The Balaban J connectivity index is 2.03. The molecule has 0 spiro atoms. The summed E-state index contributed by atoms with van der Waals surface area (Å²) >= 11 is 0. The largest absolute Gasteiger partial charge is 0.507 e. The maximum atomic E-state index is 12.0. The minimum absolute atomic E-state index is 0.0548. The van der Waals surface area contributed by atoms with Gasteiger partial charge in [-0.05, 0) is 38.1 Å². The number of aromatic hydroxyl groups is 1. The number of piperidine rings is 1. The predicted molar refractivity (Wildman–Crippen MR) is 68.0 cm³/mol. The van der Waals surface area contributed by atoms with Gasteiger partial charge in [0.25, 0.3) is 5.91 Å². The van der Waals surface area contributed by atoms with Crippen molar-refractivity contribution in [2.24, 2.45) is 0 Å². The molecule has 1 aromatic rings. The normalized spacial score (nSPS) is 16.3. The number of hydrogen-bond donors (Lipinski definition) is 3. The van der Waals surface area contributed by atoms with Crippen LogP contribution in [0.2, 0.25) is 0 Å². The first-order valence-corrected chi connectivity index (χ1v) is 6.09. The maximum Gasteiger partial charge on any atom is 0.255 e. The lowest BCUT2D eigenvalue weighted by molar-refractivity contribution is 0.0927. The van der Waals surface area contributed by atoms with Gasteiger partial charge in [-0.15, -0.1) is 0 Å². The van der Waals surface area contributed by atoms with Gasteiger partial charge in [0.2, 0.25) is 0 Å². The molecular formula is C13H18N2O3. The molecule has 1 aromatic carbocycles. The van der Waals surface area contributed by atoms with Crippen LogP contribution in [0, 0.1) is 0 Å². The fourth-order valence-electron chi connectivity index (χ4n) is 2.06. The van der Waals surface area contributed by atoms with Gasteiger partial charge in [-0.3, -0.25) is 4.79 Å². The number of hydrogen-bond acceptors (Lipinski definition) is 4. The van der Waals surface area contributed by atoms with Crippen molar-refractivity contribution in [3.63, 3.8) is 0 Å². The summed E-state index contributed by atoms with van der Waals surface area (Å²) in [4.78, 5) is 12.0. The number of benzene rings is 1. The van der Waals surface area contributed by atoms with Crippen molar-refractivity contribution < 1.29 is 14.6 Å². The molecule has 1 aliphatic heterocycles. The van der Waals surface area contributed by atoms with Gasteiger partial charge >= 0.3 is 0 Å².